The second kappa shape index (κ2) is 4.78. The smallest absolute Gasteiger partial charge is 0.392 e. The minimum absolute atomic E-state index is 0.348. The number of rotatable bonds is 2. The number of aliphatic hydroxyl groups excluding tert-OH is 1. The molecule has 0 amide bonds. The number of alkyl halides is 3. The summed E-state index contributed by atoms with van der Waals surface area (Å²) < 4.78 is 37.8. The van der Waals surface area contributed by atoms with Crippen molar-refractivity contribution in [3.63, 3.8) is 0 Å². The molecule has 18 heavy (non-hydrogen) atoms. The number of aliphatic hydroxyl groups is 1. The maximum Gasteiger partial charge on any atom is 0.433 e. The van der Waals surface area contributed by atoms with Crippen LogP contribution in [0, 0.1) is 0 Å². The van der Waals surface area contributed by atoms with E-state index in [1.807, 2.05) is 0 Å². The van der Waals surface area contributed by atoms with Gasteiger partial charge in [-0.1, -0.05) is 30.3 Å². The number of hydrogen-bond donors (Lipinski definition) is 1. The second-order valence-electron chi connectivity index (χ2n) is 3.75. The second-order valence-corrected chi connectivity index (χ2v) is 3.75. The predicted octanol–water partition coefficient (Wildman–Crippen LogP) is 3.26. The third-order valence-corrected chi connectivity index (χ3v) is 2.53. The Labute approximate surface area is 102 Å². The van der Waals surface area contributed by atoms with Crippen molar-refractivity contribution < 1.29 is 18.3 Å². The molecule has 94 valence electrons. The van der Waals surface area contributed by atoms with Crippen LogP contribution in [0.2, 0.25) is 0 Å². The van der Waals surface area contributed by atoms with Gasteiger partial charge in [-0.15, -0.1) is 0 Å². The van der Waals surface area contributed by atoms with Gasteiger partial charge in [0, 0.05) is 11.8 Å². The largest absolute Gasteiger partial charge is 0.433 e. The highest BCUT2D eigenvalue weighted by Crippen LogP contribution is 2.32. The Morgan fingerprint density at radius 3 is 2.33 bits per heavy atom. The first kappa shape index (κ1) is 12.6. The van der Waals surface area contributed by atoms with Crippen molar-refractivity contribution in [1.29, 1.82) is 0 Å². The molecule has 0 aliphatic rings. The lowest BCUT2D eigenvalue weighted by atomic mass is 10.0. The number of nitrogens with zero attached hydrogens (tertiary/aromatic N) is 1. The van der Waals surface area contributed by atoms with Crippen LogP contribution in [0.4, 0.5) is 13.2 Å². The van der Waals surface area contributed by atoms with Crippen LogP contribution in [0.25, 0.3) is 11.1 Å². The van der Waals surface area contributed by atoms with E-state index in [4.69, 9.17) is 5.11 Å². The number of benzene rings is 1. The van der Waals surface area contributed by atoms with Crippen LogP contribution in [0.15, 0.2) is 42.6 Å². The summed E-state index contributed by atoms with van der Waals surface area (Å²) in [4.78, 5) is 3.32. The average molecular weight is 253 g/mol. The molecule has 1 aromatic heterocycles. The molecule has 0 bridgehead atoms. The first-order chi connectivity index (χ1) is 8.52. The van der Waals surface area contributed by atoms with Crippen LogP contribution in [0.1, 0.15) is 11.3 Å². The molecule has 0 aliphatic carbocycles. The fourth-order valence-electron chi connectivity index (χ4n) is 1.65. The zero-order chi connectivity index (χ0) is 13.2. The highest BCUT2D eigenvalue weighted by atomic mass is 19.4. The molecule has 5 heteroatoms. The molecule has 0 saturated carbocycles. The first-order valence-corrected chi connectivity index (χ1v) is 5.25. The van der Waals surface area contributed by atoms with Gasteiger partial charge in [-0.2, -0.15) is 13.2 Å². The summed E-state index contributed by atoms with van der Waals surface area (Å²) >= 11 is 0. The zero-order valence-corrected chi connectivity index (χ0v) is 9.28. The summed E-state index contributed by atoms with van der Waals surface area (Å²) in [5.74, 6) is 0. The quantitative estimate of drug-likeness (QED) is 0.891. The van der Waals surface area contributed by atoms with E-state index in [2.05, 4.69) is 4.98 Å². The van der Waals surface area contributed by atoms with Gasteiger partial charge in [-0.3, -0.25) is 4.98 Å². The molecule has 0 fully saturated rings. The molecular formula is C13H10F3NO. The molecular weight excluding hydrogens is 243 g/mol. The highest BCUT2D eigenvalue weighted by molar-refractivity contribution is 5.67. The van der Waals surface area contributed by atoms with Crippen molar-refractivity contribution in [2.75, 3.05) is 0 Å². The molecule has 2 rings (SSSR count). The zero-order valence-electron chi connectivity index (χ0n) is 9.28. The normalized spacial score (nSPS) is 11.6. The molecule has 1 heterocycles. The highest BCUT2D eigenvalue weighted by Gasteiger charge is 2.33. The van der Waals surface area contributed by atoms with Crippen LogP contribution in [-0.4, -0.2) is 10.1 Å². The molecule has 0 saturated heterocycles. The summed E-state index contributed by atoms with van der Waals surface area (Å²) in [6.45, 7) is -0.352. The van der Waals surface area contributed by atoms with Crippen molar-refractivity contribution in [3.05, 3.63) is 53.9 Å². The Kier molecular flexibility index (Phi) is 3.34. The Hall–Kier alpha value is -1.88. The van der Waals surface area contributed by atoms with Gasteiger partial charge < -0.3 is 5.11 Å². The van der Waals surface area contributed by atoms with Gasteiger partial charge in [-0.05, 0) is 17.2 Å². The lowest BCUT2D eigenvalue weighted by Crippen LogP contribution is -2.09. The van der Waals surface area contributed by atoms with E-state index in [0.717, 1.165) is 12.3 Å². The fraction of sp³-hybridized carbons (Fsp3) is 0.154. The third kappa shape index (κ3) is 2.51. The van der Waals surface area contributed by atoms with Crippen LogP contribution >= 0.6 is 0 Å². The van der Waals surface area contributed by atoms with E-state index < -0.39 is 11.9 Å². The molecule has 1 N–H and O–H groups in total. The van der Waals surface area contributed by atoms with Crippen LogP contribution < -0.4 is 0 Å². The van der Waals surface area contributed by atoms with E-state index >= 15 is 0 Å². The van der Waals surface area contributed by atoms with E-state index in [9.17, 15) is 13.2 Å². The molecule has 2 nitrogen and oxygen atoms in total. The number of halogens is 3. The summed E-state index contributed by atoms with van der Waals surface area (Å²) in [5, 5.41) is 9.15. The predicted molar refractivity (Wildman–Crippen MR) is 60.6 cm³/mol. The molecule has 0 spiro atoms. The van der Waals surface area contributed by atoms with Crippen molar-refractivity contribution in [2.45, 2.75) is 12.8 Å². The molecule has 2 aromatic rings. The monoisotopic (exact) mass is 253 g/mol. The molecule has 0 aliphatic heterocycles. The third-order valence-electron chi connectivity index (χ3n) is 2.53. The summed E-state index contributed by atoms with van der Waals surface area (Å²) in [7, 11) is 0. The Bertz CT molecular complexity index is 538. The minimum Gasteiger partial charge on any atom is -0.392 e. The van der Waals surface area contributed by atoms with Gasteiger partial charge in [-0.25, -0.2) is 0 Å². The first-order valence-electron chi connectivity index (χ1n) is 5.25. The summed E-state index contributed by atoms with van der Waals surface area (Å²) in [5.41, 5.74) is 0.377. The van der Waals surface area contributed by atoms with Gasteiger partial charge in [0.05, 0.1) is 6.61 Å². The standard InChI is InChI=1S/C13H10F3NO/c14-13(15,16)12-6-11(10(8-18)7-17-12)9-4-2-1-3-5-9/h1-7,18H,8H2. The maximum absolute atomic E-state index is 12.6. The van der Waals surface area contributed by atoms with Gasteiger partial charge >= 0.3 is 6.18 Å². The summed E-state index contributed by atoms with van der Waals surface area (Å²) in [6, 6.07) is 9.56. The Morgan fingerprint density at radius 1 is 1.11 bits per heavy atom. The van der Waals surface area contributed by atoms with Crippen molar-refractivity contribution in [3.8, 4) is 11.1 Å². The van der Waals surface area contributed by atoms with E-state index in [1.54, 1.807) is 30.3 Å². The van der Waals surface area contributed by atoms with E-state index in [-0.39, 0.29) is 6.61 Å². The summed E-state index contributed by atoms with van der Waals surface area (Å²) in [6.07, 6.45) is -3.43. The Balaban J connectivity index is 2.57. The van der Waals surface area contributed by atoms with Crippen LogP contribution in [0.5, 0.6) is 0 Å². The molecule has 0 atom stereocenters. The molecule has 0 unspecified atom stereocenters. The number of aromatic nitrogens is 1. The lowest BCUT2D eigenvalue weighted by molar-refractivity contribution is -0.141. The van der Waals surface area contributed by atoms with E-state index in [0.29, 0.717) is 16.7 Å². The van der Waals surface area contributed by atoms with Crippen molar-refractivity contribution >= 4 is 0 Å². The average Bonchev–Trinajstić information content (AvgIpc) is 2.38. The SMILES string of the molecule is OCc1cnc(C(F)(F)F)cc1-c1ccccc1. The van der Waals surface area contributed by atoms with Crippen molar-refractivity contribution in [1.82, 2.24) is 4.98 Å². The number of pyridine rings is 1. The molecule has 0 radical (unpaired) electrons. The van der Waals surface area contributed by atoms with Gasteiger partial charge in [0.2, 0.25) is 0 Å². The van der Waals surface area contributed by atoms with Crippen molar-refractivity contribution in [2.24, 2.45) is 0 Å². The topological polar surface area (TPSA) is 33.1 Å². The van der Waals surface area contributed by atoms with E-state index in [1.165, 1.54) is 0 Å². The fourth-order valence-corrected chi connectivity index (χ4v) is 1.65. The number of hydrogen-bond acceptors (Lipinski definition) is 2. The van der Waals surface area contributed by atoms with Crippen LogP contribution in [-0.2, 0) is 12.8 Å². The maximum atomic E-state index is 12.6. The van der Waals surface area contributed by atoms with Crippen LogP contribution in [0.3, 0.4) is 0 Å². The van der Waals surface area contributed by atoms with Gasteiger partial charge in [0.25, 0.3) is 0 Å². The van der Waals surface area contributed by atoms with Gasteiger partial charge in [0.1, 0.15) is 5.69 Å². The lowest BCUT2D eigenvalue weighted by Gasteiger charge is -2.11. The Morgan fingerprint density at radius 2 is 1.78 bits per heavy atom. The molecule has 1 aromatic carbocycles. The van der Waals surface area contributed by atoms with Gasteiger partial charge in [0.15, 0.2) is 0 Å². The minimum atomic E-state index is -4.49.